The summed E-state index contributed by atoms with van der Waals surface area (Å²) in [6.07, 6.45) is 1.23. The molecule has 0 bridgehead atoms. The van der Waals surface area contributed by atoms with Gasteiger partial charge in [-0.05, 0) is 6.42 Å². The molecule has 6 heteroatoms. The Labute approximate surface area is 105 Å². The molecule has 2 aliphatic rings. The first kappa shape index (κ1) is 11.0. The Hall–Kier alpha value is -1.07. The van der Waals surface area contributed by atoms with E-state index in [2.05, 4.69) is 19.8 Å². The van der Waals surface area contributed by atoms with Crippen molar-refractivity contribution in [2.75, 3.05) is 49.2 Å². The third-order valence-electron chi connectivity index (χ3n) is 3.14. The fourth-order valence-corrected chi connectivity index (χ4v) is 2.18. The minimum Gasteiger partial charge on any atom is -0.378 e. The topological polar surface area (TPSA) is 41.5 Å². The van der Waals surface area contributed by atoms with E-state index in [0.717, 1.165) is 51.2 Å². The molecule has 0 N–H and O–H groups in total. The number of morpholine rings is 1. The van der Waals surface area contributed by atoms with Crippen LogP contribution in [0.5, 0.6) is 0 Å². The maximum atomic E-state index is 6.06. The average Bonchev–Trinajstić information content (AvgIpc) is 2.27. The van der Waals surface area contributed by atoms with E-state index < -0.39 is 0 Å². The van der Waals surface area contributed by atoms with Crippen molar-refractivity contribution in [1.82, 2.24) is 9.97 Å². The van der Waals surface area contributed by atoms with Crippen LogP contribution in [0, 0.1) is 0 Å². The van der Waals surface area contributed by atoms with Gasteiger partial charge in [0.15, 0.2) is 0 Å². The molecule has 2 fully saturated rings. The molecule has 17 heavy (non-hydrogen) atoms. The van der Waals surface area contributed by atoms with Gasteiger partial charge in [-0.3, -0.25) is 0 Å². The summed E-state index contributed by atoms with van der Waals surface area (Å²) in [5, 5.41) is 0.517. The van der Waals surface area contributed by atoms with Crippen LogP contribution >= 0.6 is 11.6 Å². The first-order valence-corrected chi connectivity index (χ1v) is 6.33. The third kappa shape index (κ3) is 2.30. The van der Waals surface area contributed by atoms with Gasteiger partial charge in [-0.25, -0.2) is 4.98 Å². The first-order chi connectivity index (χ1) is 8.33. The van der Waals surface area contributed by atoms with E-state index in [4.69, 9.17) is 16.3 Å². The molecule has 92 valence electrons. The Morgan fingerprint density at radius 3 is 2.47 bits per heavy atom. The molecule has 0 radical (unpaired) electrons. The van der Waals surface area contributed by atoms with E-state index in [-0.39, 0.29) is 0 Å². The largest absolute Gasteiger partial charge is 0.378 e. The zero-order valence-corrected chi connectivity index (χ0v) is 10.4. The summed E-state index contributed by atoms with van der Waals surface area (Å²) in [6, 6.07) is 1.84. The van der Waals surface area contributed by atoms with Gasteiger partial charge >= 0.3 is 0 Å². The van der Waals surface area contributed by atoms with Crippen molar-refractivity contribution in [1.29, 1.82) is 0 Å². The van der Waals surface area contributed by atoms with Gasteiger partial charge in [0.1, 0.15) is 11.0 Å². The summed E-state index contributed by atoms with van der Waals surface area (Å²) in [4.78, 5) is 13.2. The Balaban J connectivity index is 1.84. The normalized spacial score (nSPS) is 20.3. The highest BCUT2D eigenvalue weighted by molar-refractivity contribution is 6.29. The van der Waals surface area contributed by atoms with Crippen LogP contribution in [0.4, 0.5) is 11.8 Å². The number of nitrogens with zero attached hydrogens (tertiary/aromatic N) is 4. The number of rotatable bonds is 2. The Morgan fingerprint density at radius 2 is 1.82 bits per heavy atom. The van der Waals surface area contributed by atoms with E-state index in [1.165, 1.54) is 6.42 Å². The average molecular weight is 255 g/mol. The lowest BCUT2D eigenvalue weighted by molar-refractivity contribution is 0.122. The molecule has 1 aromatic rings. The van der Waals surface area contributed by atoms with Crippen LogP contribution < -0.4 is 9.80 Å². The van der Waals surface area contributed by atoms with Gasteiger partial charge in [0, 0.05) is 32.2 Å². The van der Waals surface area contributed by atoms with Crippen molar-refractivity contribution in [3.05, 3.63) is 11.2 Å². The molecule has 1 aromatic heterocycles. The molecule has 0 amide bonds. The molecule has 3 rings (SSSR count). The summed E-state index contributed by atoms with van der Waals surface area (Å²) in [5.74, 6) is 1.67. The number of halogens is 1. The molecule has 2 aliphatic heterocycles. The van der Waals surface area contributed by atoms with Gasteiger partial charge in [0.25, 0.3) is 0 Å². The summed E-state index contributed by atoms with van der Waals surface area (Å²) in [5.41, 5.74) is 0. The van der Waals surface area contributed by atoms with Crippen LogP contribution in [0.15, 0.2) is 6.07 Å². The van der Waals surface area contributed by atoms with E-state index in [9.17, 15) is 0 Å². The molecule has 0 unspecified atom stereocenters. The van der Waals surface area contributed by atoms with Crippen molar-refractivity contribution in [2.45, 2.75) is 6.42 Å². The first-order valence-electron chi connectivity index (χ1n) is 5.95. The minimum atomic E-state index is 0.517. The lowest BCUT2D eigenvalue weighted by Gasteiger charge is -2.33. The van der Waals surface area contributed by atoms with E-state index in [1.807, 2.05) is 6.07 Å². The molecule has 0 aliphatic carbocycles. The van der Waals surface area contributed by atoms with Crippen LogP contribution in [0.3, 0.4) is 0 Å². The number of ether oxygens (including phenoxy) is 1. The maximum absolute atomic E-state index is 6.06. The maximum Gasteiger partial charge on any atom is 0.228 e. The van der Waals surface area contributed by atoms with Crippen molar-refractivity contribution < 1.29 is 4.74 Å². The van der Waals surface area contributed by atoms with Crippen molar-refractivity contribution in [3.8, 4) is 0 Å². The molecular weight excluding hydrogens is 240 g/mol. The van der Waals surface area contributed by atoms with Gasteiger partial charge in [-0.15, -0.1) is 0 Å². The summed E-state index contributed by atoms with van der Waals surface area (Å²) >= 11 is 6.06. The van der Waals surface area contributed by atoms with Crippen molar-refractivity contribution >= 4 is 23.4 Å². The van der Waals surface area contributed by atoms with Gasteiger partial charge < -0.3 is 14.5 Å². The minimum absolute atomic E-state index is 0.517. The molecule has 5 nitrogen and oxygen atoms in total. The van der Waals surface area contributed by atoms with E-state index >= 15 is 0 Å². The third-order valence-corrected chi connectivity index (χ3v) is 3.34. The second kappa shape index (κ2) is 4.66. The molecule has 0 spiro atoms. The molecular formula is C11H15ClN4O. The number of aromatic nitrogens is 2. The molecule has 3 heterocycles. The lowest BCUT2D eigenvalue weighted by Crippen LogP contribution is -2.40. The van der Waals surface area contributed by atoms with E-state index in [0.29, 0.717) is 5.15 Å². The summed E-state index contributed by atoms with van der Waals surface area (Å²) in [7, 11) is 0. The quantitative estimate of drug-likeness (QED) is 0.742. The lowest BCUT2D eigenvalue weighted by atomic mass is 10.2. The SMILES string of the molecule is Clc1cc(N2CCC2)nc(N2CCOCC2)n1. The second-order valence-corrected chi connectivity index (χ2v) is 4.68. The zero-order chi connectivity index (χ0) is 11.7. The molecule has 0 aromatic carbocycles. The van der Waals surface area contributed by atoms with Gasteiger partial charge in [-0.1, -0.05) is 11.6 Å². The molecule has 0 atom stereocenters. The highest BCUT2D eigenvalue weighted by atomic mass is 35.5. The molecule has 2 saturated heterocycles. The van der Waals surface area contributed by atoms with Gasteiger partial charge in [0.05, 0.1) is 13.2 Å². The van der Waals surface area contributed by atoms with Crippen LogP contribution in [-0.4, -0.2) is 49.4 Å². The van der Waals surface area contributed by atoms with Crippen LogP contribution in [0.1, 0.15) is 6.42 Å². The summed E-state index contributed by atoms with van der Waals surface area (Å²) < 4.78 is 5.32. The van der Waals surface area contributed by atoms with Gasteiger partial charge in [0.2, 0.25) is 5.95 Å². The van der Waals surface area contributed by atoms with Crippen LogP contribution in [-0.2, 0) is 4.74 Å². The zero-order valence-electron chi connectivity index (χ0n) is 9.60. The van der Waals surface area contributed by atoms with Crippen LogP contribution in [0.25, 0.3) is 0 Å². The predicted octanol–water partition coefficient (Wildman–Crippen LogP) is 1.18. The number of hydrogen-bond acceptors (Lipinski definition) is 5. The standard InChI is InChI=1S/C11H15ClN4O/c12-9-8-10(15-2-1-3-15)14-11(13-9)16-4-6-17-7-5-16/h8H,1-7H2. The highest BCUT2D eigenvalue weighted by Crippen LogP contribution is 2.24. The van der Waals surface area contributed by atoms with E-state index in [1.54, 1.807) is 0 Å². The predicted molar refractivity (Wildman–Crippen MR) is 66.9 cm³/mol. The fourth-order valence-electron chi connectivity index (χ4n) is 2.01. The molecule has 0 saturated carbocycles. The van der Waals surface area contributed by atoms with Crippen LogP contribution in [0.2, 0.25) is 5.15 Å². The van der Waals surface area contributed by atoms with Crippen molar-refractivity contribution in [2.24, 2.45) is 0 Å². The van der Waals surface area contributed by atoms with Crippen molar-refractivity contribution in [3.63, 3.8) is 0 Å². The smallest absolute Gasteiger partial charge is 0.228 e. The summed E-state index contributed by atoms with van der Waals surface area (Å²) in [6.45, 7) is 5.26. The highest BCUT2D eigenvalue weighted by Gasteiger charge is 2.20. The fraction of sp³-hybridized carbons (Fsp3) is 0.636. The monoisotopic (exact) mass is 254 g/mol. The Bertz CT molecular complexity index is 404. The Kier molecular flexibility index (Phi) is 3.03. The van der Waals surface area contributed by atoms with Gasteiger partial charge in [-0.2, -0.15) is 4.98 Å². The second-order valence-electron chi connectivity index (χ2n) is 4.29. The number of hydrogen-bond donors (Lipinski definition) is 0. The number of anilines is 2. The Morgan fingerprint density at radius 1 is 1.06 bits per heavy atom.